The lowest BCUT2D eigenvalue weighted by atomic mass is 10.0. The van der Waals surface area contributed by atoms with E-state index in [4.69, 9.17) is 0 Å². The van der Waals surface area contributed by atoms with Gasteiger partial charge in [-0.3, -0.25) is 0 Å². The van der Waals surface area contributed by atoms with E-state index in [1.54, 1.807) is 29.2 Å². The number of nitrogens with one attached hydrogen (secondary N) is 1. The average molecular weight is 305 g/mol. The van der Waals surface area contributed by atoms with E-state index in [0.717, 1.165) is 25.9 Å². The molecule has 0 bridgehead atoms. The number of piperidine rings is 1. The van der Waals surface area contributed by atoms with Crippen LogP contribution in [0, 0.1) is 0 Å². The number of esters is 1. The molecule has 1 fully saturated rings. The molecule has 2 rings (SSSR count). The molecule has 0 atom stereocenters. The van der Waals surface area contributed by atoms with Crippen LogP contribution in [-0.4, -0.2) is 62.1 Å². The maximum atomic E-state index is 12.3. The van der Waals surface area contributed by atoms with Crippen LogP contribution in [0.3, 0.4) is 0 Å². The Morgan fingerprint density at radius 1 is 1.32 bits per heavy atom. The number of carbonyl (C=O) groups excluding carboxylic acids is 2. The van der Waals surface area contributed by atoms with Crippen molar-refractivity contribution in [3.05, 3.63) is 29.8 Å². The Bertz CT molecular complexity index is 539. The average Bonchev–Trinajstić information content (AvgIpc) is 2.54. The first-order valence-electron chi connectivity index (χ1n) is 7.42. The van der Waals surface area contributed by atoms with Crippen molar-refractivity contribution in [2.45, 2.75) is 18.9 Å². The van der Waals surface area contributed by atoms with Crippen LogP contribution in [0.5, 0.6) is 0 Å². The largest absolute Gasteiger partial charge is 0.465 e. The summed E-state index contributed by atoms with van der Waals surface area (Å²) in [5.74, 6) is -0.417. The molecular formula is C16H23N3O3. The minimum Gasteiger partial charge on any atom is -0.465 e. The zero-order chi connectivity index (χ0) is 16.1. The lowest BCUT2D eigenvalue weighted by Crippen LogP contribution is -2.46. The van der Waals surface area contributed by atoms with Crippen molar-refractivity contribution in [3.8, 4) is 0 Å². The first-order valence-corrected chi connectivity index (χ1v) is 7.42. The number of rotatable bonds is 3. The summed E-state index contributed by atoms with van der Waals surface area (Å²) in [5, 5.41) is 2.84. The highest BCUT2D eigenvalue weighted by atomic mass is 16.5. The molecular weight excluding hydrogens is 282 g/mol. The summed E-state index contributed by atoms with van der Waals surface area (Å²) in [4.78, 5) is 27.9. The number of urea groups is 1. The molecule has 0 aromatic heterocycles. The van der Waals surface area contributed by atoms with Gasteiger partial charge in [-0.2, -0.15) is 0 Å². The van der Waals surface area contributed by atoms with Crippen LogP contribution in [0.25, 0.3) is 0 Å². The van der Waals surface area contributed by atoms with E-state index in [0.29, 0.717) is 11.3 Å². The van der Waals surface area contributed by atoms with Crippen LogP contribution in [0.1, 0.15) is 23.2 Å². The molecule has 120 valence electrons. The number of nitrogens with zero attached hydrogens (tertiary/aromatic N) is 2. The van der Waals surface area contributed by atoms with Gasteiger partial charge in [0.25, 0.3) is 0 Å². The van der Waals surface area contributed by atoms with E-state index in [9.17, 15) is 9.59 Å². The van der Waals surface area contributed by atoms with E-state index in [-0.39, 0.29) is 12.1 Å². The Labute approximate surface area is 131 Å². The maximum absolute atomic E-state index is 12.3. The van der Waals surface area contributed by atoms with Gasteiger partial charge in [0.15, 0.2) is 0 Å². The van der Waals surface area contributed by atoms with Crippen molar-refractivity contribution >= 4 is 17.7 Å². The van der Waals surface area contributed by atoms with Crippen molar-refractivity contribution in [1.82, 2.24) is 9.80 Å². The van der Waals surface area contributed by atoms with Crippen LogP contribution in [0.2, 0.25) is 0 Å². The third kappa shape index (κ3) is 3.98. The Morgan fingerprint density at radius 3 is 2.64 bits per heavy atom. The molecule has 1 heterocycles. The number of carbonyl (C=O) groups is 2. The Kier molecular flexibility index (Phi) is 5.38. The molecule has 22 heavy (non-hydrogen) atoms. The summed E-state index contributed by atoms with van der Waals surface area (Å²) in [6, 6.07) is 6.84. The molecule has 0 spiro atoms. The summed E-state index contributed by atoms with van der Waals surface area (Å²) >= 11 is 0. The van der Waals surface area contributed by atoms with Gasteiger partial charge in [0.2, 0.25) is 0 Å². The van der Waals surface area contributed by atoms with Gasteiger partial charge >= 0.3 is 12.0 Å². The monoisotopic (exact) mass is 305 g/mol. The van der Waals surface area contributed by atoms with E-state index >= 15 is 0 Å². The van der Waals surface area contributed by atoms with Crippen LogP contribution in [0.15, 0.2) is 24.3 Å². The van der Waals surface area contributed by atoms with Gasteiger partial charge in [-0.1, -0.05) is 6.07 Å². The minimum absolute atomic E-state index is 0.156. The second kappa shape index (κ2) is 7.26. The maximum Gasteiger partial charge on any atom is 0.337 e. The first kappa shape index (κ1) is 16.3. The Balaban J connectivity index is 1.98. The molecule has 0 aliphatic carbocycles. The molecule has 0 radical (unpaired) electrons. The fraction of sp³-hybridized carbons (Fsp3) is 0.500. The van der Waals surface area contributed by atoms with Gasteiger partial charge < -0.3 is 19.9 Å². The lowest BCUT2D eigenvalue weighted by Gasteiger charge is -2.35. The van der Waals surface area contributed by atoms with Crippen LogP contribution in [-0.2, 0) is 4.74 Å². The molecule has 6 nitrogen and oxygen atoms in total. The van der Waals surface area contributed by atoms with E-state index < -0.39 is 5.97 Å². The Hall–Kier alpha value is -2.08. The molecule has 0 unspecified atom stereocenters. The van der Waals surface area contributed by atoms with Crippen molar-refractivity contribution in [2.24, 2.45) is 0 Å². The van der Waals surface area contributed by atoms with Crippen LogP contribution in [0.4, 0.5) is 10.5 Å². The summed E-state index contributed by atoms with van der Waals surface area (Å²) < 4.78 is 4.68. The van der Waals surface area contributed by atoms with Crippen LogP contribution < -0.4 is 5.32 Å². The molecule has 2 amide bonds. The first-order chi connectivity index (χ1) is 10.5. The SMILES string of the molecule is COC(=O)c1cccc(NC(=O)N(C)C2CCN(C)CC2)c1. The van der Waals surface area contributed by atoms with Gasteiger partial charge in [0.1, 0.15) is 0 Å². The van der Waals surface area contributed by atoms with Gasteiger partial charge in [0, 0.05) is 18.8 Å². The van der Waals surface area contributed by atoms with Crippen molar-refractivity contribution in [2.75, 3.05) is 39.6 Å². The topological polar surface area (TPSA) is 61.9 Å². The van der Waals surface area contributed by atoms with Gasteiger partial charge in [-0.25, -0.2) is 9.59 Å². The van der Waals surface area contributed by atoms with Crippen molar-refractivity contribution < 1.29 is 14.3 Å². The number of ether oxygens (including phenoxy) is 1. The number of likely N-dealkylation sites (tertiary alicyclic amines) is 1. The number of benzene rings is 1. The second-order valence-electron chi connectivity index (χ2n) is 5.65. The quantitative estimate of drug-likeness (QED) is 0.868. The molecule has 1 aromatic rings. The number of hydrogen-bond acceptors (Lipinski definition) is 4. The highest BCUT2D eigenvalue weighted by Crippen LogP contribution is 2.17. The molecule has 1 N–H and O–H groups in total. The van der Waals surface area contributed by atoms with Crippen molar-refractivity contribution in [1.29, 1.82) is 0 Å². The highest BCUT2D eigenvalue weighted by molar-refractivity contribution is 5.93. The number of hydrogen-bond donors (Lipinski definition) is 1. The Morgan fingerprint density at radius 2 is 2.00 bits per heavy atom. The van der Waals surface area contributed by atoms with E-state index in [2.05, 4.69) is 22.0 Å². The number of amides is 2. The summed E-state index contributed by atoms with van der Waals surface area (Å²) in [5.41, 5.74) is 1.01. The second-order valence-corrected chi connectivity index (χ2v) is 5.65. The van der Waals surface area contributed by atoms with E-state index in [1.165, 1.54) is 7.11 Å². The van der Waals surface area contributed by atoms with Gasteiger partial charge in [-0.05, 0) is 51.2 Å². The molecule has 1 saturated heterocycles. The molecule has 6 heteroatoms. The fourth-order valence-corrected chi connectivity index (χ4v) is 2.60. The van der Waals surface area contributed by atoms with Crippen molar-refractivity contribution in [3.63, 3.8) is 0 Å². The summed E-state index contributed by atoms with van der Waals surface area (Å²) in [6.45, 7) is 2.00. The highest BCUT2D eigenvalue weighted by Gasteiger charge is 2.24. The minimum atomic E-state index is -0.417. The number of methoxy groups -OCH3 is 1. The molecule has 0 saturated carbocycles. The van der Waals surface area contributed by atoms with E-state index in [1.807, 2.05) is 7.05 Å². The number of anilines is 1. The molecule has 1 aromatic carbocycles. The zero-order valence-electron chi connectivity index (χ0n) is 13.3. The van der Waals surface area contributed by atoms with Crippen LogP contribution >= 0.6 is 0 Å². The fourth-order valence-electron chi connectivity index (χ4n) is 2.60. The predicted octanol–water partition coefficient (Wildman–Crippen LogP) is 2.03. The molecule has 1 aliphatic heterocycles. The lowest BCUT2D eigenvalue weighted by molar-refractivity contribution is 0.0600. The standard InChI is InChI=1S/C16H23N3O3/c1-18-9-7-14(8-10-18)19(2)16(21)17-13-6-4-5-12(11-13)15(20)22-3/h4-6,11,14H,7-10H2,1-3H3,(H,17,21). The van der Waals surface area contributed by atoms with Gasteiger partial charge in [-0.15, -0.1) is 0 Å². The normalized spacial score (nSPS) is 16.1. The molecule has 1 aliphatic rings. The summed E-state index contributed by atoms with van der Waals surface area (Å²) in [6.07, 6.45) is 1.95. The third-order valence-corrected chi connectivity index (χ3v) is 4.09. The zero-order valence-corrected chi connectivity index (χ0v) is 13.3. The predicted molar refractivity (Wildman–Crippen MR) is 85.1 cm³/mol. The smallest absolute Gasteiger partial charge is 0.337 e. The van der Waals surface area contributed by atoms with Gasteiger partial charge in [0.05, 0.1) is 12.7 Å². The third-order valence-electron chi connectivity index (χ3n) is 4.09. The summed E-state index contributed by atoms with van der Waals surface area (Å²) in [7, 11) is 5.24.